The first-order chi connectivity index (χ1) is 12.0. The number of amidine groups is 1. The number of anilines is 1. The lowest BCUT2D eigenvalue weighted by Crippen LogP contribution is -2.38. The Morgan fingerprint density at radius 2 is 2.00 bits per heavy atom. The lowest BCUT2D eigenvalue weighted by Gasteiger charge is -2.27. The van der Waals surface area contributed by atoms with Crippen LogP contribution in [0.3, 0.4) is 0 Å². The lowest BCUT2D eigenvalue weighted by molar-refractivity contribution is -0.124. The molecule has 6 nitrogen and oxygen atoms in total. The number of aryl methyl sites for hydroxylation is 1. The Labute approximate surface area is 158 Å². The Morgan fingerprint density at radius 3 is 2.62 bits per heavy atom. The van der Waals surface area contributed by atoms with E-state index in [9.17, 15) is 13.2 Å². The van der Waals surface area contributed by atoms with Gasteiger partial charge in [0.2, 0.25) is 0 Å². The molecule has 0 saturated carbocycles. The SMILES string of the molecule is COc1ccc(C)cc1N1C(=NC(=O)C(C)(C)C)SC2CS(=O)(=O)CC21. The molecule has 0 N–H and O–H groups in total. The minimum atomic E-state index is -3.10. The van der Waals surface area contributed by atoms with Crippen LogP contribution >= 0.6 is 11.8 Å². The maximum Gasteiger partial charge on any atom is 0.253 e. The van der Waals surface area contributed by atoms with Crippen molar-refractivity contribution in [3.63, 3.8) is 0 Å². The number of sulfone groups is 1. The molecule has 2 heterocycles. The molecule has 1 aromatic rings. The molecule has 2 aliphatic heterocycles. The van der Waals surface area contributed by atoms with Crippen LogP contribution in [0.4, 0.5) is 5.69 Å². The van der Waals surface area contributed by atoms with E-state index < -0.39 is 15.3 Å². The van der Waals surface area contributed by atoms with Gasteiger partial charge in [-0.25, -0.2) is 8.42 Å². The number of hydrogen-bond acceptors (Lipinski definition) is 5. The van der Waals surface area contributed by atoms with Crippen LogP contribution in [-0.4, -0.2) is 49.4 Å². The maximum absolute atomic E-state index is 12.5. The summed E-state index contributed by atoms with van der Waals surface area (Å²) in [6, 6.07) is 5.50. The molecule has 0 spiro atoms. The third kappa shape index (κ3) is 3.62. The van der Waals surface area contributed by atoms with Crippen LogP contribution in [0.5, 0.6) is 5.75 Å². The van der Waals surface area contributed by atoms with E-state index in [1.807, 2.05) is 50.8 Å². The zero-order valence-electron chi connectivity index (χ0n) is 15.6. The van der Waals surface area contributed by atoms with Crippen LogP contribution in [0.2, 0.25) is 0 Å². The van der Waals surface area contributed by atoms with E-state index in [1.54, 1.807) is 7.11 Å². The second-order valence-electron chi connectivity index (χ2n) is 7.80. The molecule has 2 saturated heterocycles. The van der Waals surface area contributed by atoms with E-state index in [0.29, 0.717) is 10.9 Å². The van der Waals surface area contributed by atoms with Gasteiger partial charge in [-0.3, -0.25) is 4.79 Å². The number of amides is 1. The molecule has 3 rings (SSSR count). The number of fused-ring (bicyclic) bond motifs is 1. The quantitative estimate of drug-likeness (QED) is 0.765. The number of benzene rings is 1. The molecule has 1 amide bonds. The van der Waals surface area contributed by atoms with Crippen molar-refractivity contribution in [1.82, 2.24) is 0 Å². The van der Waals surface area contributed by atoms with Gasteiger partial charge in [0.1, 0.15) is 5.75 Å². The summed E-state index contributed by atoms with van der Waals surface area (Å²) in [5.74, 6) is 0.580. The van der Waals surface area contributed by atoms with Crippen LogP contribution in [0, 0.1) is 12.3 Å². The predicted molar refractivity (Wildman–Crippen MR) is 106 cm³/mol. The summed E-state index contributed by atoms with van der Waals surface area (Å²) >= 11 is 1.38. The van der Waals surface area contributed by atoms with Crippen molar-refractivity contribution in [3.8, 4) is 5.75 Å². The van der Waals surface area contributed by atoms with Gasteiger partial charge in [0.15, 0.2) is 15.0 Å². The first-order valence-corrected chi connectivity index (χ1v) is 11.2. The molecule has 26 heavy (non-hydrogen) atoms. The van der Waals surface area contributed by atoms with Gasteiger partial charge >= 0.3 is 0 Å². The number of aliphatic imine (C=N–C) groups is 1. The van der Waals surface area contributed by atoms with E-state index in [4.69, 9.17) is 4.74 Å². The fourth-order valence-electron chi connectivity index (χ4n) is 3.09. The van der Waals surface area contributed by atoms with Gasteiger partial charge in [0, 0.05) is 10.7 Å². The van der Waals surface area contributed by atoms with Gasteiger partial charge in [0.05, 0.1) is 30.3 Å². The first kappa shape index (κ1) is 19.2. The number of carbonyl (C=O) groups is 1. The van der Waals surface area contributed by atoms with Crippen molar-refractivity contribution < 1.29 is 17.9 Å². The second kappa shape index (κ2) is 6.56. The van der Waals surface area contributed by atoms with Gasteiger partial charge < -0.3 is 9.64 Å². The summed E-state index contributed by atoms with van der Waals surface area (Å²) in [5.41, 5.74) is 1.18. The second-order valence-corrected chi connectivity index (χ2v) is 11.2. The van der Waals surface area contributed by atoms with Crippen molar-refractivity contribution >= 4 is 38.4 Å². The number of rotatable bonds is 2. The van der Waals surface area contributed by atoms with Gasteiger partial charge in [0.25, 0.3) is 5.91 Å². The molecule has 142 valence electrons. The van der Waals surface area contributed by atoms with Crippen molar-refractivity contribution in [2.45, 2.75) is 39.0 Å². The normalized spacial score (nSPS) is 26.2. The summed E-state index contributed by atoms with van der Waals surface area (Å²) in [6.07, 6.45) is 0. The third-order valence-electron chi connectivity index (χ3n) is 4.50. The standard InChI is InChI=1S/C18H24N2O4S2/c1-11-6-7-14(24-5)12(8-11)20-13-9-26(22,23)10-15(13)25-17(20)19-16(21)18(2,3)4/h6-8,13,15H,9-10H2,1-5H3. The van der Waals surface area contributed by atoms with Crippen LogP contribution in [-0.2, 0) is 14.6 Å². The first-order valence-electron chi connectivity index (χ1n) is 8.46. The smallest absolute Gasteiger partial charge is 0.253 e. The highest BCUT2D eigenvalue weighted by Gasteiger charge is 2.50. The predicted octanol–water partition coefficient (Wildman–Crippen LogP) is 2.65. The molecule has 2 atom stereocenters. The fourth-order valence-corrected chi connectivity index (χ4v) is 6.99. The number of nitrogens with zero attached hydrogens (tertiary/aromatic N) is 2. The highest BCUT2D eigenvalue weighted by atomic mass is 32.2. The monoisotopic (exact) mass is 396 g/mol. The average molecular weight is 397 g/mol. The minimum Gasteiger partial charge on any atom is -0.495 e. The van der Waals surface area contributed by atoms with Crippen LogP contribution in [0.25, 0.3) is 0 Å². The highest BCUT2D eigenvalue weighted by molar-refractivity contribution is 8.16. The summed E-state index contributed by atoms with van der Waals surface area (Å²) in [6.45, 7) is 7.43. The zero-order chi connectivity index (χ0) is 19.3. The topological polar surface area (TPSA) is 76.0 Å². The van der Waals surface area contributed by atoms with E-state index in [-0.39, 0.29) is 28.7 Å². The van der Waals surface area contributed by atoms with Crippen LogP contribution in [0.1, 0.15) is 26.3 Å². The molecule has 2 aliphatic rings. The van der Waals surface area contributed by atoms with E-state index in [1.165, 1.54) is 11.8 Å². The summed E-state index contributed by atoms with van der Waals surface area (Å²) in [5, 5.41) is 0.426. The van der Waals surface area contributed by atoms with Gasteiger partial charge in [-0.2, -0.15) is 4.99 Å². The van der Waals surface area contributed by atoms with E-state index >= 15 is 0 Å². The number of hydrogen-bond donors (Lipinski definition) is 0. The minimum absolute atomic E-state index is 0.0600. The highest BCUT2D eigenvalue weighted by Crippen LogP contribution is 2.44. The Bertz CT molecular complexity index is 872. The van der Waals surface area contributed by atoms with Crippen molar-refractivity contribution in [2.24, 2.45) is 10.4 Å². The number of carbonyl (C=O) groups excluding carboxylic acids is 1. The fraction of sp³-hybridized carbons (Fsp3) is 0.556. The van der Waals surface area contributed by atoms with Gasteiger partial charge in [-0.15, -0.1) is 0 Å². The van der Waals surface area contributed by atoms with Crippen molar-refractivity contribution in [2.75, 3.05) is 23.5 Å². The number of methoxy groups -OCH3 is 1. The van der Waals surface area contributed by atoms with E-state index in [0.717, 1.165) is 11.3 Å². The molecular weight excluding hydrogens is 372 g/mol. The molecule has 0 bridgehead atoms. The number of ether oxygens (including phenoxy) is 1. The summed E-state index contributed by atoms with van der Waals surface area (Å²) in [4.78, 5) is 18.7. The van der Waals surface area contributed by atoms with Crippen LogP contribution < -0.4 is 9.64 Å². The maximum atomic E-state index is 12.5. The molecule has 2 fully saturated rings. The summed E-state index contributed by atoms with van der Waals surface area (Å²) < 4.78 is 29.8. The van der Waals surface area contributed by atoms with Crippen LogP contribution in [0.15, 0.2) is 23.2 Å². The Balaban J connectivity index is 2.11. The molecular formula is C18H24N2O4S2. The molecule has 0 radical (unpaired) electrons. The zero-order valence-corrected chi connectivity index (χ0v) is 17.3. The largest absolute Gasteiger partial charge is 0.495 e. The Kier molecular flexibility index (Phi) is 4.85. The van der Waals surface area contributed by atoms with E-state index in [2.05, 4.69) is 4.99 Å². The molecule has 1 aromatic carbocycles. The summed E-state index contributed by atoms with van der Waals surface area (Å²) in [7, 11) is -1.52. The van der Waals surface area contributed by atoms with Gasteiger partial charge in [-0.05, 0) is 24.6 Å². The molecule has 0 aliphatic carbocycles. The van der Waals surface area contributed by atoms with Crippen molar-refractivity contribution in [3.05, 3.63) is 23.8 Å². The van der Waals surface area contributed by atoms with Crippen molar-refractivity contribution in [1.29, 1.82) is 0 Å². The Hall–Kier alpha value is -1.54. The third-order valence-corrected chi connectivity index (χ3v) is 7.71. The lowest BCUT2D eigenvalue weighted by atomic mass is 9.96. The van der Waals surface area contributed by atoms with Gasteiger partial charge in [-0.1, -0.05) is 38.6 Å². The number of thioether (sulfide) groups is 1. The Morgan fingerprint density at radius 1 is 1.31 bits per heavy atom. The molecule has 8 heteroatoms. The molecule has 0 aromatic heterocycles. The average Bonchev–Trinajstić information content (AvgIpc) is 2.97. The molecule has 2 unspecified atom stereocenters.